The number of Topliss-reactive ketones (excluding diaryl/α,β-unsaturated/α-hetero) is 2. The van der Waals surface area contributed by atoms with Gasteiger partial charge in [0.25, 0.3) is 0 Å². The number of ketones is 2. The zero-order valence-electron chi connectivity index (χ0n) is 13.1. The zero-order chi connectivity index (χ0) is 16.8. The largest absolute Gasteiger partial charge is 0.376 e. The van der Waals surface area contributed by atoms with Crippen LogP contribution >= 0.6 is 0 Å². The molecule has 0 aliphatic rings. The zero-order valence-corrected chi connectivity index (χ0v) is 13.1. The quantitative estimate of drug-likeness (QED) is 0.804. The van der Waals surface area contributed by atoms with Gasteiger partial charge in [0.2, 0.25) is 5.91 Å². The van der Waals surface area contributed by atoms with Gasteiger partial charge in [-0.3, -0.25) is 14.4 Å². The second-order valence-electron chi connectivity index (χ2n) is 5.17. The Morgan fingerprint density at radius 1 is 0.826 bits per heavy atom. The van der Waals surface area contributed by atoms with Crippen LogP contribution < -0.4 is 10.6 Å². The van der Waals surface area contributed by atoms with E-state index in [-0.39, 0.29) is 24.0 Å². The molecule has 23 heavy (non-hydrogen) atoms. The summed E-state index contributed by atoms with van der Waals surface area (Å²) in [4.78, 5) is 34.4. The average Bonchev–Trinajstić information content (AvgIpc) is 2.53. The number of nitrogens with one attached hydrogen (secondary N) is 2. The number of carbonyl (C=O) groups is 3. The number of hydrogen-bond acceptors (Lipinski definition) is 4. The number of hydrogen-bond donors (Lipinski definition) is 2. The Morgan fingerprint density at radius 2 is 1.48 bits per heavy atom. The van der Waals surface area contributed by atoms with Crippen LogP contribution in [0.5, 0.6) is 0 Å². The SMILES string of the molecule is CC(=O)c1ccc(NCC(=O)Nc2cccc(C(C)=O)c2)cc1. The van der Waals surface area contributed by atoms with Crippen molar-refractivity contribution in [3.05, 3.63) is 59.7 Å². The Labute approximate surface area is 134 Å². The minimum absolute atomic E-state index is 0.000328. The van der Waals surface area contributed by atoms with Crippen molar-refractivity contribution in [3.8, 4) is 0 Å². The summed E-state index contributed by atoms with van der Waals surface area (Å²) in [7, 11) is 0. The summed E-state index contributed by atoms with van der Waals surface area (Å²) in [6, 6.07) is 13.7. The maximum atomic E-state index is 11.9. The van der Waals surface area contributed by atoms with Gasteiger partial charge < -0.3 is 10.6 Å². The highest BCUT2D eigenvalue weighted by Gasteiger charge is 2.05. The number of amides is 1. The van der Waals surface area contributed by atoms with Gasteiger partial charge in [-0.05, 0) is 50.2 Å². The first-order valence-corrected chi connectivity index (χ1v) is 7.21. The van der Waals surface area contributed by atoms with E-state index in [0.29, 0.717) is 16.8 Å². The number of rotatable bonds is 6. The Bertz CT molecular complexity index is 736. The first-order valence-electron chi connectivity index (χ1n) is 7.21. The summed E-state index contributed by atoms with van der Waals surface area (Å²) in [5, 5.41) is 5.71. The third kappa shape index (κ3) is 4.78. The maximum absolute atomic E-state index is 11.9. The average molecular weight is 310 g/mol. The molecule has 5 nitrogen and oxygen atoms in total. The summed E-state index contributed by atoms with van der Waals surface area (Å²) >= 11 is 0. The van der Waals surface area contributed by atoms with Crippen LogP contribution in [0.1, 0.15) is 34.6 Å². The molecule has 0 fully saturated rings. The predicted octanol–water partition coefficient (Wildman–Crippen LogP) is 3.14. The number of carbonyl (C=O) groups excluding carboxylic acids is 3. The van der Waals surface area contributed by atoms with Crippen LogP contribution in [0, 0.1) is 0 Å². The van der Waals surface area contributed by atoms with Crippen LogP contribution in [0.25, 0.3) is 0 Å². The molecule has 0 aliphatic carbocycles. The second kappa shape index (κ2) is 7.35. The van der Waals surface area contributed by atoms with Crippen molar-refractivity contribution in [2.45, 2.75) is 13.8 Å². The lowest BCUT2D eigenvalue weighted by molar-refractivity contribution is -0.114. The van der Waals surface area contributed by atoms with Crippen molar-refractivity contribution < 1.29 is 14.4 Å². The van der Waals surface area contributed by atoms with Crippen molar-refractivity contribution in [1.82, 2.24) is 0 Å². The molecule has 0 bridgehead atoms. The first kappa shape index (κ1) is 16.4. The molecule has 0 radical (unpaired) electrons. The molecular weight excluding hydrogens is 292 g/mol. The maximum Gasteiger partial charge on any atom is 0.243 e. The molecule has 0 saturated carbocycles. The fourth-order valence-corrected chi connectivity index (χ4v) is 2.03. The van der Waals surface area contributed by atoms with Gasteiger partial charge in [0.15, 0.2) is 11.6 Å². The second-order valence-corrected chi connectivity index (χ2v) is 5.17. The van der Waals surface area contributed by atoms with E-state index >= 15 is 0 Å². The molecule has 0 spiro atoms. The molecule has 5 heteroatoms. The molecule has 0 aromatic heterocycles. The molecule has 2 aromatic rings. The standard InChI is InChI=1S/C18H18N2O3/c1-12(21)14-6-8-16(9-7-14)19-11-18(23)20-17-5-3-4-15(10-17)13(2)22/h3-10,19H,11H2,1-2H3,(H,20,23). The third-order valence-electron chi connectivity index (χ3n) is 3.30. The molecule has 0 aliphatic heterocycles. The lowest BCUT2D eigenvalue weighted by atomic mass is 10.1. The highest BCUT2D eigenvalue weighted by Crippen LogP contribution is 2.12. The highest BCUT2D eigenvalue weighted by molar-refractivity contribution is 5.98. The van der Waals surface area contributed by atoms with Gasteiger partial charge in [-0.15, -0.1) is 0 Å². The van der Waals surface area contributed by atoms with E-state index < -0.39 is 0 Å². The van der Waals surface area contributed by atoms with E-state index in [2.05, 4.69) is 10.6 Å². The molecule has 1 amide bonds. The molecule has 0 heterocycles. The normalized spacial score (nSPS) is 10.0. The Balaban J connectivity index is 1.91. The number of benzene rings is 2. The van der Waals surface area contributed by atoms with Crippen molar-refractivity contribution in [3.63, 3.8) is 0 Å². The first-order chi connectivity index (χ1) is 11.0. The van der Waals surface area contributed by atoms with Crippen LogP contribution in [0.15, 0.2) is 48.5 Å². The van der Waals surface area contributed by atoms with Gasteiger partial charge in [-0.2, -0.15) is 0 Å². The van der Waals surface area contributed by atoms with Crippen LogP contribution in [0.3, 0.4) is 0 Å². The smallest absolute Gasteiger partial charge is 0.243 e. The molecule has 0 unspecified atom stereocenters. The van der Waals surface area contributed by atoms with Gasteiger partial charge in [0.05, 0.1) is 6.54 Å². The van der Waals surface area contributed by atoms with Crippen LogP contribution in [0.4, 0.5) is 11.4 Å². The van der Waals surface area contributed by atoms with Crippen molar-refractivity contribution in [1.29, 1.82) is 0 Å². The monoisotopic (exact) mass is 310 g/mol. The lowest BCUT2D eigenvalue weighted by Crippen LogP contribution is -2.21. The topological polar surface area (TPSA) is 75.3 Å². The molecule has 0 saturated heterocycles. The molecule has 0 atom stereocenters. The van der Waals surface area contributed by atoms with Gasteiger partial charge in [0.1, 0.15) is 0 Å². The Kier molecular flexibility index (Phi) is 5.25. The van der Waals surface area contributed by atoms with E-state index in [1.165, 1.54) is 13.8 Å². The molecule has 118 valence electrons. The van der Waals surface area contributed by atoms with E-state index in [1.807, 2.05) is 0 Å². The van der Waals surface area contributed by atoms with Crippen LogP contribution in [0.2, 0.25) is 0 Å². The van der Waals surface area contributed by atoms with E-state index in [9.17, 15) is 14.4 Å². The third-order valence-corrected chi connectivity index (χ3v) is 3.30. The van der Waals surface area contributed by atoms with E-state index in [4.69, 9.17) is 0 Å². The lowest BCUT2D eigenvalue weighted by Gasteiger charge is -2.09. The molecule has 2 aromatic carbocycles. The van der Waals surface area contributed by atoms with E-state index in [1.54, 1.807) is 48.5 Å². The summed E-state index contributed by atoms with van der Waals surface area (Å²) in [6.07, 6.45) is 0. The van der Waals surface area contributed by atoms with Crippen LogP contribution in [-0.4, -0.2) is 24.0 Å². The molecule has 2 N–H and O–H groups in total. The number of anilines is 2. The van der Waals surface area contributed by atoms with Gasteiger partial charge in [0, 0.05) is 22.5 Å². The molecular formula is C18H18N2O3. The molecule has 2 rings (SSSR count). The van der Waals surface area contributed by atoms with Crippen molar-refractivity contribution in [2.24, 2.45) is 0 Å². The van der Waals surface area contributed by atoms with E-state index in [0.717, 1.165) is 5.69 Å². The summed E-state index contributed by atoms with van der Waals surface area (Å²) in [5.41, 5.74) is 2.51. The predicted molar refractivity (Wildman–Crippen MR) is 90.0 cm³/mol. The minimum Gasteiger partial charge on any atom is -0.376 e. The minimum atomic E-state index is -0.221. The summed E-state index contributed by atoms with van der Waals surface area (Å²) in [6.45, 7) is 3.07. The summed E-state index contributed by atoms with van der Waals surface area (Å²) < 4.78 is 0. The fraction of sp³-hybridized carbons (Fsp3) is 0.167. The highest BCUT2D eigenvalue weighted by atomic mass is 16.2. The summed E-state index contributed by atoms with van der Waals surface area (Å²) in [5.74, 6) is -0.272. The van der Waals surface area contributed by atoms with Gasteiger partial charge >= 0.3 is 0 Å². The van der Waals surface area contributed by atoms with Gasteiger partial charge in [-0.1, -0.05) is 12.1 Å². The Hall–Kier alpha value is -2.95. The van der Waals surface area contributed by atoms with Crippen LogP contribution in [-0.2, 0) is 4.79 Å². The van der Waals surface area contributed by atoms with Gasteiger partial charge in [-0.25, -0.2) is 0 Å². The van der Waals surface area contributed by atoms with Crippen molar-refractivity contribution in [2.75, 3.05) is 17.2 Å². The van der Waals surface area contributed by atoms with Crippen molar-refractivity contribution >= 4 is 28.8 Å². The Morgan fingerprint density at radius 3 is 2.09 bits per heavy atom. The fourth-order valence-electron chi connectivity index (χ4n) is 2.03.